The molecule has 0 aliphatic carbocycles. The van der Waals surface area contributed by atoms with Gasteiger partial charge in [-0.2, -0.15) is 0 Å². The van der Waals surface area contributed by atoms with Gasteiger partial charge >= 0.3 is 0 Å². The Labute approximate surface area is 89.2 Å². The van der Waals surface area contributed by atoms with E-state index < -0.39 is 0 Å². The molecule has 3 nitrogen and oxygen atoms in total. The Balaban J connectivity index is 3.03. The van der Waals surface area contributed by atoms with Crippen LogP contribution in [0.25, 0.3) is 0 Å². The van der Waals surface area contributed by atoms with Gasteiger partial charge in [0.25, 0.3) is 5.56 Å². The Morgan fingerprint density at radius 3 is 3.15 bits per heavy atom. The SMILES string of the molecule is C/C(=C/Cl)Cn1cncc(Br)c1=O. The fourth-order valence-electron chi connectivity index (χ4n) is 0.840. The van der Waals surface area contributed by atoms with Crippen LogP contribution in [0.3, 0.4) is 0 Å². The van der Waals surface area contributed by atoms with Crippen LogP contribution in [0.15, 0.2) is 32.9 Å². The summed E-state index contributed by atoms with van der Waals surface area (Å²) in [4.78, 5) is 15.3. The van der Waals surface area contributed by atoms with E-state index in [4.69, 9.17) is 11.6 Å². The first kappa shape index (κ1) is 10.5. The van der Waals surface area contributed by atoms with E-state index >= 15 is 0 Å². The van der Waals surface area contributed by atoms with Gasteiger partial charge in [0.1, 0.15) is 4.47 Å². The third-order valence-electron chi connectivity index (χ3n) is 1.47. The smallest absolute Gasteiger partial charge is 0.267 e. The van der Waals surface area contributed by atoms with Gasteiger partial charge in [-0.3, -0.25) is 9.36 Å². The second-order valence-electron chi connectivity index (χ2n) is 2.63. The fourth-order valence-corrected chi connectivity index (χ4v) is 1.25. The molecule has 1 aromatic heterocycles. The van der Waals surface area contributed by atoms with E-state index in [1.807, 2.05) is 6.92 Å². The van der Waals surface area contributed by atoms with Crippen LogP contribution >= 0.6 is 27.5 Å². The molecule has 0 atom stereocenters. The average Bonchev–Trinajstić information content (AvgIpc) is 2.13. The van der Waals surface area contributed by atoms with Gasteiger partial charge in [0, 0.05) is 18.3 Å². The highest BCUT2D eigenvalue weighted by atomic mass is 79.9. The number of halogens is 2. The van der Waals surface area contributed by atoms with Gasteiger partial charge in [-0.15, -0.1) is 0 Å². The van der Waals surface area contributed by atoms with Crippen LogP contribution in [0, 0.1) is 0 Å². The monoisotopic (exact) mass is 262 g/mol. The lowest BCUT2D eigenvalue weighted by Crippen LogP contribution is -2.21. The van der Waals surface area contributed by atoms with Gasteiger partial charge in [-0.05, 0) is 28.4 Å². The molecular formula is C8H8BrClN2O. The topological polar surface area (TPSA) is 34.9 Å². The zero-order chi connectivity index (χ0) is 9.84. The Morgan fingerprint density at radius 1 is 1.85 bits per heavy atom. The first-order chi connectivity index (χ1) is 6.15. The summed E-state index contributed by atoms with van der Waals surface area (Å²) >= 11 is 8.59. The third-order valence-corrected chi connectivity index (χ3v) is 2.38. The minimum atomic E-state index is -0.104. The van der Waals surface area contributed by atoms with Gasteiger partial charge in [0.05, 0.1) is 6.33 Å². The van der Waals surface area contributed by atoms with Crippen molar-refractivity contribution in [3.63, 3.8) is 0 Å². The van der Waals surface area contributed by atoms with Crippen LogP contribution in [0.1, 0.15) is 6.92 Å². The molecule has 0 N–H and O–H groups in total. The molecule has 0 amide bonds. The van der Waals surface area contributed by atoms with Crippen molar-refractivity contribution < 1.29 is 0 Å². The summed E-state index contributed by atoms with van der Waals surface area (Å²) in [5, 5.41) is 0. The summed E-state index contributed by atoms with van der Waals surface area (Å²) in [6, 6.07) is 0. The Kier molecular flexibility index (Phi) is 3.69. The third kappa shape index (κ3) is 2.67. The fraction of sp³-hybridized carbons (Fsp3) is 0.250. The molecule has 70 valence electrons. The molecule has 1 rings (SSSR count). The molecule has 0 fully saturated rings. The zero-order valence-corrected chi connectivity index (χ0v) is 9.34. The molecule has 0 radical (unpaired) electrons. The molecule has 13 heavy (non-hydrogen) atoms. The van der Waals surface area contributed by atoms with E-state index in [1.165, 1.54) is 22.6 Å². The predicted octanol–water partition coefficient (Wildman–Crippen LogP) is 2.15. The van der Waals surface area contributed by atoms with Crippen molar-refractivity contribution in [2.24, 2.45) is 0 Å². The Hall–Kier alpha value is -0.610. The summed E-state index contributed by atoms with van der Waals surface area (Å²) in [5.74, 6) is 0. The molecule has 0 saturated heterocycles. The average molecular weight is 264 g/mol. The van der Waals surface area contributed by atoms with E-state index in [-0.39, 0.29) is 5.56 Å². The van der Waals surface area contributed by atoms with Gasteiger partial charge in [0.2, 0.25) is 0 Å². The molecule has 0 aliphatic rings. The van der Waals surface area contributed by atoms with E-state index in [2.05, 4.69) is 20.9 Å². The van der Waals surface area contributed by atoms with Crippen molar-refractivity contribution in [3.8, 4) is 0 Å². The van der Waals surface area contributed by atoms with Crippen molar-refractivity contribution >= 4 is 27.5 Å². The number of nitrogens with zero attached hydrogens (tertiary/aromatic N) is 2. The first-order valence-corrected chi connectivity index (χ1v) is 4.84. The molecular weight excluding hydrogens is 255 g/mol. The standard InChI is InChI=1S/C8H8BrClN2O/c1-6(2-10)4-12-5-11-3-7(9)8(12)13/h2-3,5H,4H2,1H3/b6-2-. The zero-order valence-electron chi connectivity index (χ0n) is 7.00. The minimum Gasteiger partial charge on any atom is -0.294 e. The summed E-state index contributed by atoms with van der Waals surface area (Å²) < 4.78 is 1.94. The number of rotatable bonds is 2. The molecule has 0 aliphatic heterocycles. The van der Waals surface area contributed by atoms with Gasteiger partial charge < -0.3 is 0 Å². The van der Waals surface area contributed by atoms with Gasteiger partial charge in [-0.1, -0.05) is 11.6 Å². The minimum absolute atomic E-state index is 0.104. The molecule has 0 saturated carbocycles. The van der Waals surface area contributed by atoms with E-state index in [9.17, 15) is 4.79 Å². The van der Waals surface area contributed by atoms with Crippen molar-refractivity contribution in [2.75, 3.05) is 0 Å². The Bertz CT molecular complexity index is 386. The van der Waals surface area contributed by atoms with Gasteiger partial charge in [0.15, 0.2) is 0 Å². The lowest BCUT2D eigenvalue weighted by molar-refractivity contribution is 0.721. The predicted molar refractivity (Wildman–Crippen MR) is 55.8 cm³/mol. The quantitative estimate of drug-likeness (QED) is 0.819. The number of hydrogen-bond acceptors (Lipinski definition) is 2. The molecule has 1 heterocycles. The van der Waals surface area contributed by atoms with Crippen LogP contribution in [0.2, 0.25) is 0 Å². The molecule has 5 heteroatoms. The van der Waals surface area contributed by atoms with Gasteiger partial charge in [-0.25, -0.2) is 4.98 Å². The van der Waals surface area contributed by atoms with Crippen molar-refractivity contribution in [3.05, 3.63) is 38.5 Å². The van der Waals surface area contributed by atoms with E-state index in [0.717, 1.165) is 5.57 Å². The lowest BCUT2D eigenvalue weighted by atomic mass is 10.3. The van der Waals surface area contributed by atoms with Crippen LogP contribution < -0.4 is 5.56 Å². The summed E-state index contributed by atoms with van der Waals surface area (Å²) in [5.41, 5.74) is 2.25. The van der Waals surface area contributed by atoms with Crippen molar-refractivity contribution in [2.45, 2.75) is 13.5 Å². The summed E-state index contributed by atoms with van der Waals surface area (Å²) in [7, 11) is 0. The molecule has 0 bridgehead atoms. The largest absolute Gasteiger partial charge is 0.294 e. The second kappa shape index (κ2) is 4.58. The molecule has 0 spiro atoms. The highest BCUT2D eigenvalue weighted by Gasteiger charge is 2.00. The maximum atomic E-state index is 11.4. The van der Waals surface area contributed by atoms with Crippen LogP contribution in [0.4, 0.5) is 0 Å². The normalized spacial score (nSPS) is 11.8. The highest BCUT2D eigenvalue weighted by Crippen LogP contribution is 2.01. The lowest BCUT2D eigenvalue weighted by Gasteiger charge is -2.03. The second-order valence-corrected chi connectivity index (χ2v) is 3.70. The van der Waals surface area contributed by atoms with Crippen LogP contribution in [-0.4, -0.2) is 9.55 Å². The van der Waals surface area contributed by atoms with Crippen LogP contribution in [0.5, 0.6) is 0 Å². The molecule has 0 aromatic carbocycles. The number of aromatic nitrogens is 2. The highest BCUT2D eigenvalue weighted by molar-refractivity contribution is 9.10. The summed E-state index contributed by atoms with van der Waals surface area (Å²) in [6.07, 6.45) is 2.95. The van der Waals surface area contributed by atoms with Crippen molar-refractivity contribution in [1.82, 2.24) is 9.55 Å². The molecule has 1 aromatic rings. The van der Waals surface area contributed by atoms with Crippen molar-refractivity contribution in [1.29, 1.82) is 0 Å². The number of hydrogen-bond donors (Lipinski definition) is 0. The molecule has 0 unspecified atom stereocenters. The number of allylic oxidation sites excluding steroid dienone is 1. The Morgan fingerprint density at radius 2 is 2.54 bits per heavy atom. The van der Waals surface area contributed by atoms with E-state index in [1.54, 1.807) is 0 Å². The maximum absolute atomic E-state index is 11.4. The maximum Gasteiger partial charge on any atom is 0.267 e. The summed E-state index contributed by atoms with van der Waals surface area (Å²) in [6.45, 7) is 2.31. The van der Waals surface area contributed by atoms with Crippen LogP contribution in [-0.2, 0) is 6.54 Å². The first-order valence-electron chi connectivity index (χ1n) is 3.61. The van der Waals surface area contributed by atoms with E-state index in [0.29, 0.717) is 11.0 Å².